The van der Waals surface area contributed by atoms with Gasteiger partial charge in [-0.3, -0.25) is 9.69 Å². The number of ether oxygens (including phenoxy) is 1. The Bertz CT molecular complexity index is 1080. The largest absolute Gasteiger partial charge is 0.457 e. The predicted molar refractivity (Wildman–Crippen MR) is 114 cm³/mol. The standard InChI is InChI=1S/C19H18N2O5S3/c20-29(23,24)15-6-3-12(4-7-15)16-8-5-13(26-16)10-17-18(22)21(19(27)28-17)11-14-2-1-9-25-14/h3-8,10,14H,1-2,9,11H2,(H2,20,23,24). The van der Waals surface area contributed by atoms with Crippen LogP contribution < -0.4 is 5.14 Å². The number of carbonyl (C=O) groups excluding carboxylic acids is 1. The summed E-state index contributed by atoms with van der Waals surface area (Å²) < 4.78 is 34.6. The van der Waals surface area contributed by atoms with Gasteiger partial charge in [0.25, 0.3) is 5.91 Å². The van der Waals surface area contributed by atoms with Gasteiger partial charge in [-0.25, -0.2) is 13.6 Å². The van der Waals surface area contributed by atoms with Gasteiger partial charge in [-0.05, 0) is 49.2 Å². The van der Waals surface area contributed by atoms with Gasteiger partial charge in [0.15, 0.2) is 0 Å². The second kappa shape index (κ2) is 8.04. The number of primary sulfonamides is 1. The van der Waals surface area contributed by atoms with E-state index in [1.165, 1.54) is 23.9 Å². The van der Waals surface area contributed by atoms with Gasteiger partial charge in [-0.15, -0.1) is 0 Å². The molecule has 7 nitrogen and oxygen atoms in total. The van der Waals surface area contributed by atoms with Crippen LogP contribution in [0.25, 0.3) is 17.4 Å². The minimum Gasteiger partial charge on any atom is -0.457 e. The molecule has 1 aromatic carbocycles. The fraction of sp³-hybridized carbons (Fsp3) is 0.263. The summed E-state index contributed by atoms with van der Waals surface area (Å²) in [5.41, 5.74) is 0.697. The summed E-state index contributed by atoms with van der Waals surface area (Å²) in [5.74, 6) is 0.908. The molecule has 0 aliphatic carbocycles. The number of furan rings is 1. The third kappa shape index (κ3) is 4.46. The number of hydrogen-bond donors (Lipinski definition) is 1. The van der Waals surface area contributed by atoms with Crippen molar-refractivity contribution in [3.8, 4) is 11.3 Å². The molecule has 0 bridgehead atoms. The van der Waals surface area contributed by atoms with Crippen molar-refractivity contribution < 1.29 is 22.4 Å². The van der Waals surface area contributed by atoms with Crippen molar-refractivity contribution >= 4 is 50.3 Å². The second-order valence-electron chi connectivity index (χ2n) is 6.70. The number of nitrogens with two attached hydrogens (primary N) is 1. The molecule has 1 unspecified atom stereocenters. The summed E-state index contributed by atoms with van der Waals surface area (Å²) in [6.07, 6.45) is 3.63. The van der Waals surface area contributed by atoms with Gasteiger partial charge in [0.05, 0.1) is 22.4 Å². The molecular weight excluding hydrogens is 432 g/mol. The maximum atomic E-state index is 12.7. The molecule has 4 rings (SSSR count). The molecule has 29 heavy (non-hydrogen) atoms. The second-order valence-corrected chi connectivity index (χ2v) is 9.94. The molecule has 152 valence electrons. The molecule has 2 aliphatic heterocycles. The van der Waals surface area contributed by atoms with Crippen molar-refractivity contribution in [2.45, 2.75) is 23.8 Å². The molecule has 1 aromatic heterocycles. The van der Waals surface area contributed by atoms with E-state index >= 15 is 0 Å². The lowest BCUT2D eigenvalue weighted by Crippen LogP contribution is -2.35. The van der Waals surface area contributed by atoms with Crippen LogP contribution >= 0.6 is 24.0 Å². The summed E-state index contributed by atoms with van der Waals surface area (Å²) in [5, 5.41) is 5.11. The average molecular weight is 451 g/mol. The number of thiocarbonyl (C=S) groups is 1. The monoisotopic (exact) mass is 450 g/mol. The molecule has 1 atom stereocenters. The normalized spacial score (nSPS) is 21.5. The zero-order chi connectivity index (χ0) is 20.6. The third-order valence-electron chi connectivity index (χ3n) is 4.65. The first kappa shape index (κ1) is 20.3. The fourth-order valence-electron chi connectivity index (χ4n) is 3.17. The van der Waals surface area contributed by atoms with Crippen molar-refractivity contribution in [2.75, 3.05) is 13.2 Å². The summed E-state index contributed by atoms with van der Waals surface area (Å²) >= 11 is 6.59. The molecule has 0 spiro atoms. The predicted octanol–water partition coefficient (Wildman–Crippen LogP) is 2.97. The lowest BCUT2D eigenvalue weighted by Gasteiger charge is -2.18. The maximum Gasteiger partial charge on any atom is 0.266 e. The molecule has 10 heteroatoms. The summed E-state index contributed by atoms with van der Waals surface area (Å²) in [6.45, 7) is 1.20. The number of hydrogen-bond acceptors (Lipinski definition) is 7. The van der Waals surface area contributed by atoms with Gasteiger partial charge < -0.3 is 9.15 Å². The molecule has 1 amide bonds. The summed E-state index contributed by atoms with van der Waals surface area (Å²) in [4.78, 5) is 14.8. The Kier molecular flexibility index (Phi) is 5.63. The highest BCUT2D eigenvalue weighted by atomic mass is 32.2. The van der Waals surface area contributed by atoms with Gasteiger partial charge in [0.1, 0.15) is 15.8 Å². The Labute approximate surface area is 177 Å². The van der Waals surface area contributed by atoms with Gasteiger partial charge in [-0.2, -0.15) is 0 Å². The van der Waals surface area contributed by atoms with Crippen molar-refractivity contribution in [3.05, 3.63) is 47.1 Å². The van der Waals surface area contributed by atoms with Crippen LogP contribution in [-0.2, 0) is 19.6 Å². The van der Waals surface area contributed by atoms with E-state index < -0.39 is 10.0 Å². The minimum atomic E-state index is -3.74. The number of sulfonamides is 1. The van der Waals surface area contributed by atoms with E-state index in [9.17, 15) is 13.2 Å². The molecule has 2 fully saturated rings. The SMILES string of the molecule is NS(=O)(=O)c1ccc(-c2ccc(C=C3SC(=S)N(CC4CCCO4)C3=O)o2)cc1. The number of amides is 1. The minimum absolute atomic E-state index is 0.0305. The van der Waals surface area contributed by atoms with Gasteiger partial charge in [-0.1, -0.05) is 24.0 Å². The highest BCUT2D eigenvalue weighted by Gasteiger charge is 2.34. The fourth-order valence-corrected chi connectivity index (χ4v) is 4.94. The van der Waals surface area contributed by atoms with Crippen molar-refractivity contribution in [2.24, 2.45) is 5.14 Å². The van der Waals surface area contributed by atoms with Crippen LogP contribution in [0.1, 0.15) is 18.6 Å². The lowest BCUT2D eigenvalue weighted by molar-refractivity contribution is -0.123. The highest BCUT2D eigenvalue weighted by molar-refractivity contribution is 8.26. The number of carbonyl (C=O) groups is 1. The van der Waals surface area contributed by atoms with E-state index in [4.69, 9.17) is 26.5 Å². The zero-order valence-electron chi connectivity index (χ0n) is 15.2. The smallest absolute Gasteiger partial charge is 0.266 e. The lowest BCUT2D eigenvalue weighted by atomic mass is 10.2. The van der Waals surface area contributed by atoms with E-state index in [1.54, 1.807) is 35.2 Å². The molecule has 0 radical (unpaired) electrons. The molecule has 2 N–H and O–H groups in total. The van der Waals surface area contributed by atoms with Crippen molar-refractivity contribution in [1.29, 1.82) is 0 Å². The highest BCUT2D eigenvalue weighted by Crippen LogP contribution is 2.34. The van der Waals surface area contributed by atoms with Gasteiger partial charge in [0.2, 0.25) is 10.0 Å². The Morgan fingerprint density at radius 1 is 1.24 bits per heavy atom. The number of rotatable bonds is 5. The Morgan fingerprint density at radius 2 is 2.00 bits per heavy atom. The number of benzene rings is 1. The third-order valence-corrected chi connectivity index (χ3v) is 6.96. The number of thioether (sulfide) groups is 1. The van der Waals surface area contributed by atoms with Crippen LogP contribution in [0.2, 0.25) is 0 Å². The molecule has 3 heterocycles. The van der Waals surface area contributed by atoms with Crippen molar-refractivity contribution in [1.82, 2.24) is 4.90 Å². The van der Waals surface area contributed by atoms with Crippen LogP contribution in [0.5, 0.6) is 0 Å². The van der Waals surface area contributed by atoms with Gasteiger partial charge in [0, 0.05) is 18.2 Å². The maximum absolute atomic E-state index is 12.7. The van der Waals surface area contributed by atoms with Crippen LogP contribution in [0.4, 0.5) is 0 Å². The first-order chi connectivity index (χ1) is 13.8. The quantitative estimate of drug-likeness (QED) is 0.552. The Morgan fingerprint density at radius 3 is 2.66 bits per heavy atom. The van der Waals surface area contributed by atoms with E-state index in [0.29, 0.717) is 32.9 Å². The Hall–Kier alpha value is -1.98. The van der Waals surface area contributed by atoms with Crippen LogP contribution in [-0.4, -0.2) is 42.8 Å². The molecular formula is C19H18N2O5S3. The van der Waals surface area contributed by atoms with Gasteiger partial charge >= 0.3 is 0 Å². The van der Waals surface area contributed by atoms with Crippen LogP contribution in [0.15, 0.2) is 50.6 Å². The van der Waals surface area contributed by atoms with Crippen LogP contribution in [0, 0.1) is 0 Å². The van der Waals surface area contributed by atoms with E-state index in [1.807, 2.05) is 0 Å². The topological polar surface area (TPSA) is 103 Å². The Balaban J connectivity index is 1.50. The summed E-state index contributed by atoms with van der Waals surface area (Å²) in [6, 6.07) is 9.57. The van der Waals surface area contributed by atoms with E-state index in [2.05, 4.69) is 0 Å². The van der Waals surface area contributed by atoms with E-state index in [0.717, 1.165) is 19.4 Å². The van der Waals surface area contributed by atoms with Crippen LogP contribution in [0.3, 0.4) is 0 Å². The molecule has 2 aromatic rings. The molecule has 0 saturated carbocycles. The first-order valence-corrected chi connectivity index (χ1v) is 11.7. The molecule has 2 aliphatic rings. The van der Waals surface area contributed by atoms with E-state index in [-0.39, 0.29) is 16.9 Å². The molecule has 2 saturated heterocycles. The average Bonchev–Trinajstić information content (AvgIpc) is 3.40. The zero-order valence-corrected chi connectivity index (χ0v) is 17.7. The first-order valence-electron chi connectivity index (χ1n) is 8.91. The number of nitrogens with zero attached hydrogens (tertiary/aromatic N) is 1. The van der Waals surface area contributed by atoms with Crippen molar-refractivity contribution in [3.63, 3.8) is 0 Å². The summed E-state index contributed by atoms with van der Waals surface area (Å²) in [7, 11) is -3.74.